The summed E-state index contributed by atoms with van der Waals surface area (Å²) in [5, 5.41) is 30.6. The van der Waals surface area contributed by atoms with Crippen molar-refractivity contribution in [2.75, 3.05) is 6.61 Å². The van der Waals surface area contributed by atoms with Crippen LogP contribution in [0.3, 0.4) is 0 Å². The fraction of sp³-hybridized carbons (Fsp3) is 0.857. The quantitative estimate of drug-likeness (QED) is 0.370. The Morgan fingerprint density at radius 3 is 2.79 bits per heavy atom. The van der Waals surface area contributed by atoms with Crippen molar-refractivity contribution in [3.05, 3.63) is 0 Å². The molecule has 0 aromatic rings. The third kappa shape index (κ3) is 1.47. The van der Waals surface area contributed by atoms with Crippen LogP contribution in [0.25, 0.3) is 0 Å². The lowest BCUT2D eigenvalue weighted by Gasteiger charge is -2.36. The smallest absolute Gasteiger partial charge is 0.257 e. The number of aliphatic hydroxyl groups is 3. The van der Waals surface area contributed by atoms with Crippen LogP contribution < -0.4 is 5.32 Å². The van der Waals surface area contributed by atoms with Gasteiger partial charge in [-0.1, -0.05) is 0 Å². The molecule has 5 atom stereocenters. The van der Waals surface area contributed by atoms with E-state index in [1.54, 1.807) is 0 Å². The molecule has 0 spiro atoms. The molecule has 0 aromatic carbocycles. The zero-order valence-electron chi connectivity index (χ0n) is 7.16. The van der Waals surface area contributed by atoms with Gasteiger partial charge in [-0.25, -0.2) is 0 Å². The molecule has 0 saturated carbocycles. The normalized spacial score (nSPS) is 46.8. The molecule has 1 unspecified atom stereocenters. The first kappa shape index (κ1) is 10.1. The Hall–Kier alpha value is -0.470. The molecule has 6 nitrogen and oxygen atoms in total. The molecule has 2 aliphatic heterocycles. The van der Waals surface area contributed by atoms with Crippen molar-refractivity contribution < 1.29 is 24.8 Å². The van der Waals surface area contributed by atoms with E-state index in [4.69, 9.17) is 26.8 Å². The van der Waals surface area contributed by atoms with Gasteiger partial charge < -0.3 is 30.1 Å². The van der Waals surface area contributed by atoms with Crippen molar-refractivity contribution in [2.24, 2.45) is 0 Å². The van der Waals surface area contributed by atoms with Gasteiger partial charge >= 0.3 is 0 Å². The fourth-order valence-electron chi connectivity index (χ4n) is 1.70. The highest BCUT2D eigenvalue weighted by Gasteiger charge is 2.50. The Morgan fingerprint density at radius 2 is 2.14 bits per heavy atom. The highest BCUT2D eigenvalue weighted by Crippen LogP contribution is 2.25. The molecule has 0 amide bonds. The van der Waals surface area contributed by atoms with E-state index in [0.717, 1.165) is 0 Å². The lowest BCUT2D eigenvalue weighted by Crippen LogP contribution is -2.59. The molecule has 2 fully saturated rings. The average Bonchev–Trinajstić information content (AvgIpc) is 2.54. The second kappa shape index (κ2) is 3.59. The second-order valence-electron chi connectivity index (χ2n) is 3.28. The van der Waals surface area contributed by atoms with Gasteiger partial charge in [0, 0.05) is 0 Å². The van der Waals surface area contributed by atoms with E-state index in [-0.39, 0.29) is 11.8 Å². The van der Waals surface area contributed by atoms with Gasteiger partial charge in [0.2, 0.25) is 0 Å². The molecule has 2 rings (SSSR count). The van der Waals surface area contributed by atoms with E-state index in [1.165, 1.54) is 0 Å². The summed E-state index contributed by atoms with van der Waals surface area (Å²) in [6, 6.07) is -0.525. The maximum Gasteiger partial charge on any atom is 0.257 e. The van der Waals surface area contributed by atoms with E-state index in [0.29, 0.717) is 0 Å². The van der Waals surface area contributed by atoms with E-state index >= 15 is 0 Å². The Morgan fingerprint density at radius 1 is 1.43 bits per heavy atom. The van der Waals surface area contributed by atoms with Gasteiger partial charge in [0.15, 0.2) is 12.4 Å². The van der Waals surface area contributed by atoms with Crippen LogP contribution in [-0.4, -0.2) is 57.7 Å². The molecule has 0 aromatic heterocycles. The molecule has 0 bridgehead atoms. The van der Waals surface area contributed by atoms with Crippen LogP contribution in [0.5, 0.6) is 0 Å². The molecule has 4 N–H and O–H groups in total. The minimum absolute atomic E-state index is 0.148. The van der Waals surface area contributed by atoms with E-state index in [9.17, 15) is 10.2 Å². The number of ether oxygens (including phenoxy) is 2. The molecule has 0 radical (unpaired) electrons. The Labute approximate surface area is 85.4 Å². The third-order valence-corrected chi connectivity index (χ3v) is 2.62. The van der Waals surface area contributed by atoms with Gasteiger partial charge in [0.05, 0.1) is 6.61 Å². The van der Waals surface area contributed by atoms with Crippen LogP contribution in [0.15, 0.2) is 0 Å². The number of thiocarbonyl (C=S) groups is 1. The molecule has 2 saturated heterocycles. The zero-order valence-corrected chi connectivity index (χ0v) is 7.98. The summed E-state index contributed by atoms with van der Waals surface area (Å²) >= 11 is 4.76. The van der Waals surface area contributed by atoms with E-state index in [2.05, 4.69) is 5.32 Å². The maximum absolute atomic E-state index is 9.52. The third-order valence-electron chi connectivity index (χ3n) is 2.40. The Kier molecular flexibility index (Phi) is 2.58. The van der Waals surface area contributed by atoms with Crippen LogP contribution >= 0.6 is 12.2 Å². The van der Waals surface area contributed by atoms with Gasteiger partial charge in [-0.05, 0) is 12.2 Å². The molecule has 7 heteroatoms. The summed E-state index contributed by atoms with van der Waals surface area (Å²) in [6.45, 7) is -0.296. The molecule has 0 aliphatic carbocycles. The summed E-state index contributed by atoms with van der Waals surface area (Å²) in [7, 11) is 0. The molecule has 2 aliphatic rings. The monoisotopic (exact) mass is 221 g/mol. The van der Waals surface area contributed by atoms with E-state index in [1.807, 2.05) is 0 Å². The first-order chi connectivity index (χ1) is 6.63. The fourth-order valence-corrected chi connectivity index (χ4v) is 1.94. The van der Waals surface area contributed by atoms with Crippen molar-refractivity contribution in [3.63, 3.8) is 0 Å². The van der Waals surface area contributed by atoms with Crippen molar-refractivity contribution >= 4 is 17.4 Å². The summed E-state index contributed by atoms with van der Waals surface area (Å²) in [5.74, 6) is 0. The number of hydrogen-bond acceptors (Lipinski definition) is 6. The zero-order chi connectivity index (χ0) is 10.3. The number of nitrogens with one attached hydrogen (secondary N) is 1. The van der Waals surface area contributed by atoms with Crippen molar-refractivity contribution in [2.45, 2.75) is 30.6 Å². The first-order valence-corrected chi connectivity index (χ1v) is 4.64. The second-order valence-corrected chi connectivity index (χ2v) is 3.65. The van der Waals surface area contributed by atoms with Gasteiger partial charge in [-0.15, -0.1) is 0 Å². The largest absolute Gasteiger partial charge is 0.463 e. The minimum atomic E-state index is -1.33. The molecule has 14 heavy (non-hydrogen) atoms. The summed E-state index contributed by atoms with van der Waals surface area (Å²) < 4.78 is 10.1. The lowest BCUT2D eigenvalue weighted by atomic mass is 9.97. The lowest BCUT2D eigenvalue weighted by molar-refractivity contribution is -0.250. The van der Waals surface area contributed by atoms with Gasteiger partial charge in [-0.2, -0.15) is 0 Å². The highest BCUT2D eigenvalue weighted by molar-refractivity contribution is 7.80. The highest BCUT2D eigenvalue weighted by atomic mass is 32.1. The maximum atomic E-state index is 9.52. The first-order valence-electron chi connectivity index (χ1n) is 4.23. The number of hydrogen-bond donors (Lipinski definition) is 4. The van der Waals surface area contributed by atoms with Gasteiger partial charge in [0.1, 0.15) is 18.2 Å². The van der Waals surface area contributed by atoms with E-state index < -0.39 is 30.6 Å². The molecule has 80 valence electrons. The standard InChI is InChI=1S/C7H11NO5S/c9-1-2-5-3(8-7(14)13-5)4(10)6(11)12-2/h2-6,9-11H,1H2,(H,8,14)/t2-,3-,4-,5-,6?/m1/s1. The SMILES string of the molecule is OC[C@H]1OC(O)[C@H](O)[C@H]2NC(=S)O[C@@H]21. The summed E-state index contributed by atoms with van der Waals surface area (Å²) in [6.07, 6.45) is -3.66. The Balaban J connectivity index is 2.17. The van der Waals surface area contributed by atoms with Crippen LogP contribution in [0.4, 0.5) is 0 Å². The van der Waals surface area contributed by atoms with Gasteiger partial charge in [-0.3, -0.25) is 0 Å². The van der Waals surface area contributed by atoms with Crippen molar-refractivity contribution in [3.8, 4) is 0 Å². The summed E-state index contributed by atoms with van der Waals surface area (Å²) in [4.78, 5) is 0. The molecular formula is C7H11NO5S. The van der Waals surface area contributed by atoms with Crippen LogP contribution in [0.2, 0.25) is 0 Å². The topological polar surface area (TPSA) is 91.2 Å². The predicted octanol–water partition coefficient (Wildman–Crippen LogP) is -2.30. The van der Waals surface area contributed by atoms with Crippen LogP contribution in [0, 0.1) is 0 Å². The average molecular weight is 221 g/mol. The minimum Gasteiger partial charge on any atom is -0.463 e. The Bertz CT molecular complexity index is 242. The number of fused-ring (bicyclic) bond motifs is 1. The molecule has 2 heterocycles. The number of aliphatic hydroxyl groups excluding tert-OH is 3. The van der Waals surface area contributed by atoms with Crippen LogP contribution in [0.1, 0.15) is 0 Å². The predicted molar refractivity (Wildman–Crippen MR) is 48.4 cm³/mol. The summed E-state index contributed by atoms with van der Waals surface area (Å²) in [5.41, 5.74) is 0. The molecular weight excluding hydrogens is 210 g/mol. The van der Waals surface area contributed by atoms with Gasteiger partial charge in [0.25, 0.3) is 5.17 Å². The van der Waals surface area contributed by atoms with Crippen molar-refractivity contribution in [1.29, 1.82) is 0 Å². The number of rotatable bonds is 1. The van der Waals surface area contributed by atoms with Crippen molar-refractivity contribution in [1.82, 2.24) is 5.32 Å². The van der Waals surface area contributed by atoms with Crippen LogP contribution in [-0.2, 0) is 9.47 Å².